The molecule has 8 heterocycles. The summed E-state index contributed by atoms with van der Waals surface area (Å²) < 4.78 is 11.6. The summed E-state index contributed by atoms with van der Waals surface area (Å²) in [4.78, 5) is 64.6. The molecule has 2 aromatic heterocycles. The number of piperidine rings is 1. The van der Waals surface area contributed by atoms with Gasteiger partial charge in [-0.05, 0) is 113 Å². The Balaban J connectivity index is 0.704. The van der Waals surface area contributed by atoms with Crippen molar-refractivity contribution >= 4 is 58.1 Å². The molecule has 0 atom stereocenters. The van der Waals surface area contributed by atoms with Gasteiger partial charge in [0, 0.05) is 99.3 Å². The Kier molecular flexibility index (Phi) is 10.3. The lowest BCUT2D eigenvalue weighted by molar-refractivity contribution is -0.120. The van der Waals surface area contributed by atoms with Crippen molar-refractivity contribution in [3.63, 3.8) is 0 Å². The van der Waals surface area contributed by atoms with E-state index < -0.39 is 11.7 Å². The van der Waals surface area contributed by atoms with Crippen LogP contribution in [-0.4, -0.2) is 115 Å². The Morgan fingerprint density at radius 1 is 0.873 bits per heavy atom. The van der Waals surface area contributed by atoms with Crippen molar-refractivity contribution in [2.75, 3.05) is 95.3 Å². The summed E-state index contributed by atoms with van der Waals surface area (Å²) in [6.45, 7) is 18.7. The number of carbonyl (C=O) groups excluding carboxylic acids is 3. The van der Waals surface area contributed by atoms with Crippen molar-refractivity contribution in [1.29, 1.82) is 0 Å². The highest BCUT2D eigenvalue weighted by atomic mass is 16.6. The number of nitrogens with one attached hydrogen (secondary N) is 2. The lowest BCUT2D eigenvalue weighted by Gasteiger charge is -2.60. The number of rotatable bonds is 7. The van der Waals surface area contributed by atoms with Gasteiger partial charge >= 0.3 is 12.1 Å². The average Bonchev–Trinajstić information content (AvgIpc) is 3.22. The molecule has 0 radical (unpaired) electrons. The maximum Gasteiger partial charge on any atom is 0.415 e. The summed E-state index contributed by atoms with van der Waals surface area (Å²) in [6.07, 6.45) is 6.89. The molecule has 1 spiro atoms. The predicted octanol–water partition coefficient (Wildman–Crippen LogP) is 6.17. The first-order valence-electron chi connectivity index (χ1n) is 22.3. The van der Waals surface area contributed by atoms with Gasteiger partial charge < -0.3 is 29.5 Å². The molecule has 4 fully saturated rings. The zero-order chi connectivity index (χ0) is 43.6. The van der Waals surface area contributed by atoms with Gasteiger partial charge in [-0.1, -0.05) is 0 Å². The molecule has 4 aromatic rings. The number of likely N-dealkylation sites (tertiary alicyclic amines) is 1. The molecular weight excluding hydrogens is 799 g/mol. The Hall–Kier alpha value is -6.16. The molecule has 2 N–H and O–H groups in total. The van der Waals surface area contributed by atoms with Crippen molar-refractivity contribution in [3.05, 3.63) is 77.2 Å². The highest BCUT2D eigenvalue weighted by Gasteiger charge is 2.49. The number of pyridine rings is 1. The molecule has 6 aliphatic rings. The number of ether oxygens (including phenoxy) is 2. The molecule has 4 saturated heterocycles. The van der Waals surface area contributed by atoms with Crippen molar-refractivity contribution in [2.45, 2.75) is 78.5 Å². The number of urea groups is 1. The zero-order valence-corrected chi connectivity index (χ0v) is 36.9. The van der Waals surface area contributed by atoms with Crippen LogP contribution >= 0.6 is 0 Å². The maximum absolute atomic E-state index is 13.2. The number of fused-ring (bicyclic) bond motifs is 2. The summed E-state index contributed by atoms with van der Waals surface area (Å²) in [5.41, 5.74) is 9.69. The molecule has 0 unspecified atom stereocenters. The average molecular weight is 856 g/mol. The molecule has 16 nitrogen and oxygen atoms in total. The van der Waals surface area contributed by atoms with E-state index >= 15 is 0 Å². The Labute approximate surface area is 368 Å². The van der Waals surface area contributed by atoms with Crippen LogP contribution in [0.3, 0.4) is 0 Å². The lowest BCUT2D eigenvalue weighted by atomic mass is 9.71. The van der Waals surface area contributed by atoms with Gasteiger partial charge in [-0.2, -0.15) is 0 Å². The van der Waals surface area contributed by atoms with Crippen molar-refractivity contribution in [2.24, 2.45) is 5.41 Å². The summed E-state index contributed by atoms with van der Waals surface area (Å²) in [6, 6.07) is 15.1. The van der Waals surface area contributed by atoms with Gasteiger partial charge in [-0.15, -0.1) is 0 Å². The van der Waals surface area contributed by atoms with Crippen LogP contribution in [0.2, 0.25) is 0 Å². The molecule has 2 aromatic carbocycles. The number of anilines is 7. The van der Waals surface area contributed by atoms with Crippen LogP contribution in [0.5, 0.6) is 5.88 Å². The molecule has 16 heteroatoms. The highest BCUT2D eigenvalue weighted by molar-refractivity contribution is 6.06. The van der Waals surface area contributed by atoms with E-state index in [0.29, 0.717) is 61.6 Å². The number of benzene rings is 2. The fourth-order valence-electron chi connectivity index (χ4n) is 10.1. The minimum atomic E-state index is -0.614. The monoisotopic (exact) mass is 855 g/mol. The number of carbonyl (C=O) groups is 3. The van der Waals surface area contributed by atoms with Gasteiger partial charge in [-0.25, -0.2) is 24.5 Å². The molecule has 330 valence electrons. The van der Waals surface area contributed by atoms with E-state index in [1.165, 1.54) is 37.3 Å². The van der Waals surface area contributed by atoms with Crippen LogP contribution in [0.15, 0.2) is 54.9 Å². The zero-order valence-electron chi connectivity index (χ0n) is 36.9. The first kappa shape index (κ1) is 40.9. The van der Waals surface area contributed by atoms with E-state index in [0.717, 1.165) is 78.6 Å². The van der Waals surface area contributed by atoms with Crippen LogP contribution in [-0.2, 0) is 22.5 Å². The number of imide groups is 1. The Bertz CT molecular complexity index is 2430. The van der Waals surface area contributed by atoms with Crippen LogP contribution in [0, 0.1) is 19.3 Å². The first-order valence-corrected chi connectivity index (χ1v) is 22.3. The van der Waals surface area contributed by atoms with Gasteiger partial charge in [0.05, 0.1) is 30.7 Å². The second kappa shape index (κ2) is 15.9. The van der Waals surface area contributed by atoms with Crippen LogP contribution in [0.25, 0.3) is 0 Å². The van der Waals surface area contributed by atoms with Gasteiger partial charge in [-0.3, -0.25) is 24.8 Å². The largest absolute Gasteiger partial charge is 0.474 e. The summed E-state index contributed by atoms with van der Waals surface area (Å²) in [5, 5.41) is 5.86. The smallest absolute Gasteiger partial charge is 0.415 e. The first-order chi connectivity index (χ1) is 30.3. The number of amides is 4. The van der Waals surface area contributed by atoms with Crippen molar-refractivity contribution in [3.8, 4) is 5.88 Å². The molecule has 0 bridgehead atoms. The Morgan fingerprint density at radius 3 is 2.37 bits per heavy atom. The minimum absolute atomic E-state index is 0.215. The molecule has 6 aliphatic heterocycles. The quantitative estimate of drug-likeness (QED) is 0.219. The Morgan fingerprint density at radius 2 is 1.63 bits per heavy atom. The van der Waals surface area contributed by atoms with E-state index in [-0.39, 0.29) is 11.9 Å². The summed E-state index contributed by atoms with van der Waals surface area (Å²) in [5.74, 6) is 0.795. The molecule has 0 aliphatic carbocycles. The molecular formula is C47H57N11O5. The summed E-state index contributed by atoms with van der Waals surface area (Å²) >= 11 is 0. The number of aryl methyl sites for hydroxylation is 1. The number of hydrogen-bond donors (Lipinski definition) is 2. The topological polar surface area (TPSA) is 152 Å². The van der Waals surface area contributed by atoms with Gasteiger partial charge in [0.25, 0.3) is 0 Å². The second-order valence-corrected chi connectivity index (χ2v) is 19.1. The minimum Gasteiger partial charge on any atom is -0.474 e. The standard InChI is InChI=1S/C47H57N11O5/c1-30-22-35(10-11-38(30)57-17-13-40(59)52-44(57)60)55-25-36(26-55)56-28-47(29-56)14-18-53(19-15-47)34-8-6-33(7-9-34)50-43-49-23-32-12-16-54(27-37(32)51-43)39-24-48-42-41(31(39)2)58(20-21-62-42)45(61)63-46(3,4)5/h6-11,22-24,36H,12-21,25-29H2,1-5H3,(H,49,50,51)(H,52,59,60). The normalized spacial score (nSPS) is 20.0. The van der Waals surface area contributed by atoms with Crippen LogP contribution in [0.4, 0.5) is 49.7 Å². The predicted molar refractivity (Wildman–Crippen MR) is 243 cm³/mol. The van der Waals surface area contributed by atoms with E-state index in [2.05, 4.69) is 76.6 Å². The molecule has 63 heavy (non-hydrogen) atoms. The highest BCUT2D eigenvalue weighted by Crippen LogP contribution is 2.44. The van der Waals surface area contributed by atoms with Gasteiger partial charge in [0.2, 0.25) is 17.7 Å². The van der Waals surface area contributed by atoms with Crippen molar-refractivity contribution in [1.82, 2.24) is 25.2 Å². The van der Waals surface area contributed by atoms with Crippen molar-refractivity contribution < 1.29 is 23.9 Å². The fraction of sp³-hybridized carbons (Fsp3) is 0.489. The summed E-state index contributed by atoms with van der Waals surface area (Å²) in [7, 11) is 0. The number of aromatic nitrogens is 3. The third kappa shape index (κ3) is 8.05. The SMILES string of the molecule is Cc1cc(N2CC(N3CC4(CCN(c5ccc(Nc6ncc7c(n6)CN(c6cnc8c(c6C)N(C(=O)OC(C)(C)C)CCO8)CC7)cc5)CC4)C3)C2)ccc1N1CCC(=O)NC1=O. The van der Waals surface area contributed by atoms with Crippen LogP contribution < -0.4 is 39.9 Å². The maximum atomic E-state index is 13.2. The molecule has 4 amide bonds. The van der Waals surface area contributed by atoms with E-state index in [4.69, 9.17) is 14.5 Å². The number of nitrogens with zero attached hydrogens (tertiary/aromatic N) is 9. The van der Waals surface area contributed by atoms with E-state index in [9.17, 15) is 14.4 Å². The van der Waals surface area contributed by atoms with Gasteiger partial charge in [0.15, 0.2) is 0 Å². The third-order valence-electron chi connectivity index (χ3n) is 13.6. The number of hydrogen-bond acceptors (Lipinski definition) is 13. The fourth-order valence-corrected chi connectivity index (χ4v) is 10.1. The van der Waals surface area contributed by atoms with E-state index in [1.807, 2.05) is 53.1 Å². The second-order valence-electron chi connectivity index (χ2n) is 19.1. The third-order valence-corrected chi connectivity index (χ3v) is 13.6. The van der Waals surface area contributed by atoms with Crippen LogP contribution in [0.1, 0.15) is 62.4 Å². The molecule has 0 saturated carbocycles. The van der Waals surface area contributed by atoms with E-state index in [1.54, 1.807) is 9.80 Å². The lowest BCUT2D eigenvalue weighted by Crippen LogP contribution is -2.70. The van der Waals surface area contributed by atoms with Gasteiger partial charge in [0.1, 0.15) is 17.9 Å². The molecule has 10 rings (SSSR count).